The summed E-state index contributed by atoms with van der Waals surface area (Å²) in [5.74, 6) is 0.0308. The Morgan fingerprint density at radius 1 is 1.28 bits per heavy atom. The second-order valence-electron chi connectivity index (χ2n) is 4.10. The molecule has 2 aromatic rings. The van der Waals surface area contributed by atoms with Gasteiger partial charge in [0.05, 0.1) is 6.20 Å². The second kappa shape index (κ2) is 5.55. The van der Waals surface area contributed by atoms with Gasteiger partial charge in [-0.25, -0.2) is 0 Å². The number of nitrogens with zero attached hydrogens (tertiary/aromatic N) is 2. The first-order valence-electron chi connectivity index (χ1n) is 5.51. The highest BCUT2D eigenvalue weighted by Gasteiger charge is 2.09. The molecule has 3 nitrogen and oxygen atoms in total. The molecule has 0 fully saturated rings. The quantitative estimate of drug-likeness (QED) is 0.804. The van der Waals surface area contributed by atoms with Crippen LogP contribution in [-0.4, -0.2) is 15.6 Å². The van der Waals surface area contributed by atoms with Gasteiger partial charge in [-0.05, 0) is 30.2 Å². The van der Waals surface area contributed by atoms with E-state index < -0.39 is 0 Å². The third-order valence-corrected chi connectivity index (χ3v) is 3.02. The standard InChI is InChI=1S/C13H12Cl2N2O/c1-17-8-9(7-16-17)2-3-13(18)10-4-11(14)6-12(15)5-10/h4-8H,2-3H2,1H3. The predicted molar refractivity (Wildman–Crippen MR) is 72.3 cm³/mol. The van der Waals surface area contributed by atoms with Crippen molar-refractivity contribution < 1.29 is 4.79 Å². The lowest BCUT2D eigenvalue weighted by atomic mass is 10.0. The Morgan fingerprint density at radius 2 is 1.94 bits per heavy atom. The monoisotopic (exact) mass is 282 g/mol. The van der Waals surface area contributed by atoms with E-state index in [-0.39, 0.29) is 5.78 Å². The van der Waals surface area contributed by atoms with Gasteiger partial charge in [0, 0.05) is 35.3 Å². The van der Waals surface area contributed by atoms with E-state index in [4.69, 9.17) is 23.2 Å². The number of carbonyl (C=O) groups excluding carboxylic acids is 1. The SMILES string of the molecule is Cn1cc(CCC(=O)c2cc(Cl)cc(Cl)c2)cn1. The first kappa shape index (κ1) is 13.1. The molecule has 1 aromatic heterocycles. The van der Waals surface area contributed by atoms with Crippen LogP contribution in [0.2, 0.25) is 10.0 Å². The lowest BCUT2D eigenvalue weighted by Gasteiger charge is -2.02. The molecule has 94 valence electrons. The number of hydrogen-bond donors (Lipinski definition) is 0. The fourth-order valence-electron chi connectivity index (χ4n) is 1.72. The molecule has 0 N–H and O–H groups in total. The van der Waals surface area contributed by atoms with E-state index >= 15 is 0 Å². The number of Topliss-reactive ketones (excluding diaryl/α,β-unsaturated/α-hetero) is 1. The Bertz CT molecular complexity index is 558. The first-order chi connectivity index (χ1) is 8.54. The molecule has 0 amide bonds. The van der Waals surface area contributed by atoms with Crippen molar-refractivity contribution >= 4 is 29.0 Å². The van der Waals surface area contributed by atoms with Gasteiger partial charge in [-0.2, -0.15) is 5.10 Å². The van der Waals surface area contributed by atoms with Gasteiger partial charge >= 0.3 is 0 Å². The number of hydrogen-bond acceptors (Lipinski definition) is 2. The van der Waals surface area contributed by atoms with Crippen molar-refractivity contribution in [1.29, 1.82) is 0 Å². The summed E-state index contributed by atoms with van der Waals surface area (Å²) in [4.78, 5) is 12.0. The number of rotatable bonds is 4. The molecular formula is C13H12Cl2N2O. The number of aryl methyl sites for hydroxylation is 2. The molecule has 0 saturated heterocycles. The first-order valence-corrected chi connectivity index (χ1v) is 6.27. The number of benzene rings is 1. The maximum Gasteiger partial charge on any atom is 0.163 e. The van der Waals surface area contributed by atoms with Crippen LogP contribution in [0.15, 0.2) is 30.6 Å². The van der Waals surface area contributed by atoms with E-state index in [1.54, 1.807) is 29.1 Å². The smallest absolute Gasteiger partial charge is 0.163 e. The minimum absolute atomic E-state index is 0.0308. The highest BCUT2D eigenvalue weighted by atomic mass is 35.5. The summed E-state index contributed by atoms with van der Waals surface area (Å²) in [6.45, 7) is 0. The minimum atomic E-state index is 0.0308. The number of carbonyl (C=O) groups is 1. The number of aromatic nitrogens is 2. The molecule has 0 unspecified atom stereocenters. The molecule has 5 heteroatoms. The van der Waals surface area contributed by atoms with Gasteiger partial charge in [0.1, 0.15) is 0 Å². The summed E-state index contributed by atoms with van der Waals surface area (Å²) in [5.41, 5.74) is 1.59. The highest BCUT2D eigenvalue weighted by Crippen LogP contribution is 2.20. The topological polar surface area (TPSA) is 34.9 Å². The molecule has 18 heavy (non-hydrogen) atoms. The molecule has 2 rings (SSSR count). The summed E-state index contributed by atoms with van der Waals surface area (Å²) < 4.78 is 1.72. The minimum Gasteiger partial charge on any atom is -0.294 e. The van der Waals surface area contributed by atoms with Crippen molar-refractivity contribution in [2.45, 2.75) is 12.8 Å². The highest BCUT2D eigenvalue weighted by molar-refractivity contribution is 6.35. The van der Waals surface area contributed by atoms with Crippen molar-refractivity contribution in [2.75, 3.05) is 0 Å². The molecule has 0 atom stereocenters. The van der Waals surface area contributed by atoms with Crippen LogP contribution in [0.4, 0.5) is 0 Å². The van der Waals surface area contributed by atoms with Gasteiger partial charge in [-0.3, -0.25) is 9.48 Å². The summed E-state index contributed by atoms with van der Waals surface area (Å²) in [5, 5.41) is 5.02. The zero-order valence-electron chi connectivity index (χ0n) is 9.86. The van der Waals surface area contributed by atoms with Crippen LogP contribution < -0.4 is 0 Å². The lowest BCUT2D eigenvalue weighted by Crippen LogP contribution is -2.01. The van der Waals surface area contributed by atoms with Gasteiger partial charge in [0.15, 0.2) is 5.78 Å². The molecule has 0 aliphatic carbocycles. The van der Waals surface area contributed by atoms with Crippen LogP contribution in [0.1, 0.15) is 22.3 Å². The normalized spacial score (nSPS) is 10.6. The average Bonchev–Trinajstić information content (AvgIpc) is 2.70. The van der Waals surface area contributed by atoms with Crippen LogP contribution in [0.3, 0.4) is 0 Å². The Labute approximate surface area is 115 Å². The van der Waals surface area contributed by atoms with Gasteiger partial charge < -0.3 is 0 Å². The summed E-state index contributed by atoms with van der Waals surface area (Å²) in [7, 11) is 1.85. The van der Waals surface area contributed by atoms with E-state index in [2.05, 4.69) is 5.10 Å². The van der Waals surface area contributed by atoms with E-state index in [1.165, 1.54) is 0 Å². The predicted octanol–water partition coefficient (Wildman–Crippen LogP) is 3.54. The molecular weight excluding hydrogens is 271 g/mol. The van der Waals surface area contributed by atoms with Crippen molar-refractivity contribution in [3.05, 3.63) is 51.8 Å². The average molecular weight is 283 g/mol. The van der Waals surface area contributed by atoms with Crippen molar-refractivity contribution in [3.8, 4) is 0 Å². The van der Waals surface area contributed by atoms with E-state index in [0.717, 1.165) is 5.56 Å². The third-order valence-electron chi connectivity index (χ3n) is 2.58. The van der Waals surface area contributed by atoms with Crippen LogP contribution in [-0.2, 0) is 13.5 Å². The van der Waals surface area contributed by atoms with Gasteiger partial charge in [0.2, 0.25) is 0 Å². The molecule has 0 bridgehead atoms. The molecule has 0 saturated carbocycles. The Kier molecular flexibility index (Phi) is 4.04. The van der Waals surface area contributed by atoms with Crippen LogP contribution in [0.5, 0.6) is 0 Å². The Hall–Kier alpha value is -1.32. The lowest BCUT2D eigenvalue weighted by molar-refractivity contribution is 0.0983. The van der Waals surface area contributed by atoms with E-state index in [1.807, 2.05) is 13.2 Å². The molecule has 0 aliphatic rings. The maximum atomic E-state index is 12.0. The molecule has 0 radical (unpaired) electrons. The van der Waals surface area contributed by atoms with Gasteiger partial charge in [0.25, 0.3) is 0 Å². The fourth-order valence-corrected chi connectivity index (χ4v) is 2.24. The largest absolute Gasteiger partial charge is 0.294 e. The molecule has 0 spiro atoms. The number of ketones is 1. The molecule has 1 aromatic carbocycles. The van der Waals surface area contributed by atoms with Crippen molar-refractivity contribution in [2.24, 2.45) is 7.05 Å². The summed E-state index contributed by atoms with van der Waals surface area (Å²) in [6, 6.07) is 4.89. The fraction of sp³-hybridized carbons (Fsp3) is 0.231. The van der Waals surface area contributed by atoms with Crippen molar-refractivity contribution in [1.82, 2.24) is 9.78 Å². The van der Waals surface area contributed by atoms with Gasteiger partial charge in [-0.15, -0.1) is 0 Å². The Balaban J connectivity index is 2.03. The van der Waals surface area contributed by atoms with E-state index in [9.17, 15) is 4.79 Å². The van der Waals surface area contributed by atoms with Crippen LogP contribution >= 0.6 is 23.2 Å². The van der Waals surface area contributed by atoms with E-state index in [0.29, 0.717) is 28.5 Å². The van der Waals surface area contributed by atoms with Crippen LogP contribution in [0, 0.1) is 0 Å². The zero-order valence-corrected chi connectivity index (χ0v) is 11.4. The van der Waals surface area contributed by atoms with Crippen LogP contribution in [0.25, 0.3) is 0 Å². The van der Waals surface area contributed by atoms with Crippen molar-refractivity contribution in [3.63, 3.8) is 0 Å². The number of halogens is 2. The third kappa shape index (κ3) is 3.34. The molecule has 0 aliphatic heterocycles. The molecule has 1 heterocycles. The van der Waals surface area contributed by atoms with Gasteiger partial charge in [-0.1, -0.05) is 23.2 Å². The summed E-state index contributed by atoms with van der Waals surface area (Å²) >= 11 is 11.7. The Morgan fingerprint density at radius 3 is 2.50 bits per heavy atom. The zero-order chi connectivity index (χ0) is 13.1. The second-order valence-corrected chi connectivity index (χ2v) is 4.98. The maximum absolute atomic E-state index is 12.0. The summed E-state index contributed by atoms with van der Waals surface area (Å²) in [6.07, 6.45) is 4.75.